The molecule has 0 aromatic heterocycles. The van der Waals surface area contributed by atoms with Crippen molar-refractivity contribution >= 4 is 17.1 Å². The van der Waals surface area contributed by atoms with Gasteiger partial charge in [-0.15, -0.1) is 0 Å². The Morgan fingerprint density at radius 2 is 1.40 bits per heavy atom. The van der Waals surface area contributed by atoms with E-state index in [9.17, 15) is 9.90 Å². The number of aromatic hydroxyl groups is 1. The molecule has 0 amide bonds. The van der Waals surface area contributed by atoms with Crippen molar-refractivity contribution in [2.75, 3.05) is 0 Å². The van der Waals surface area contributed by atoms with Crippen LogP contribution in [0.15, 0.2) is 84.9 Å². The van der Waals surface area contributed by atoms with Crippen LogP contribution in [0.1, 0.15) is 10.4 Å². The number of phenolic OH excluding ortho intramolecular Hbond substituents is 1. The normalized spacial score (nSPS) is 10.7. The second-order valence-corrected chi connectivity index (χ2v) is 6.00. The van der Waals surface area contributed by atoms with Crippen LogP contribution in [0.3, 0.4) is 0 Å². The molecule has 2 heteroatoms. The van der Waals surface area contributed by atoms with Crippen LogP contribution in [-0.2, 0) is 0 Å². The molecule has 25 heavy (non-hydrogen) atoms. The summed E-state index contributed by atoms with van der Waals surface area (Å²) in [6.07, 6.45) is 0.912. The second-order valence-electron chi connectivity index (χ2n) is 6.00. The Morgan fingerprint density at radius 1 is 0.680 bits per heavy atom. The highest BCUT2D eigenvalue weighted by molar-refractivity contribution is 6.05. The third kappa shape index (κ3) is 2.79. The molecule has 0 heterocycles. The molecule has 0 atom stereocenters. The fourth-order valence-corrected chi connectivity index (χ4v) is 3.21. The van der Waals surface area contributed by atoms with Crippen LogP contribution in [0.5, 0.6) is 5.75 Å². The Bertz CT molecular complexity index is 1050. The standard InChI is InChI=1S/C23H16O2/c24-15-20-7-6-19-14-18(16-8-11-21(25)12-9-16)10-13-22(19)23(20)17-4-2-1-3-5-17/h1-15,25H. The fourth-order valence-electron chi connectivity index (χ4n) is 3.21. The van der Waals surface area contributed by atoms with Crippen LogP contribution in [0.4, 0.5) is 0 Å². The van der Waals surface area contributed by atoms with Crippen molar-refractivity contribution in [1.29, 1.82) is 0 Å². The summed E-state index contributed by atoms with van der Waals surface area (Å²) in [6, 6.07) is 27.2. The number of rotatable bonds is 3. The fraction of sp³-hybridized carbons (Fsp3) is 0. The smallest absolute Gasteiger partial charge is 0.150 e. The Morgan fingerprint density at radius 3 is 2.12 bits per heavy atom. The summed E-state index contributed by atoms with van der Waals surface area (Å²) < 4.78 is 0. The SMILES string of the molecule is O=Cc1ccc2cc(-c3ccc(O)cc3)ccc2c1-c1ccccc1. The van der Waals surface area contributed by atoms with Gasteiger partial charge in [0.25, 0.3) is 0 Å². The maximum atomic E-state index is 11.5. The summed E-state index contributed by atoms with van der Waals surface area (Å²) in [5.41, 5.74) is 4.81. The van der Waals surface area contributed by atoms with Crippen LogP contribution >= 0.6 is 0 Å². The zero-order chi connectivity index (χ0) is 17.2. The molecule has 1 N–H and O–H groups in total. The third-order valence-electron chi connectivity index (χ3n) is 4.44. The highest BCUT2D eigenvalue weighted by Gasteiger charge is 2.10. The van der Waals surface area contributed by atoms with Gasteiger partial charge in [0.1, 0.15) is 5.75 Å². The molecule has 0 unspecified atom stereocenters. The van der Waals surface area contributed by atoms with Gasteiger partial charge in [-0.2, -0.15) is 0 Å². The molecule has 0 radical (unpaired) electrons. The van der Waals surface area contributed by atoms with Gasteiger partial charge in [-0.25, -0.2) is 0 Å². The lowest BCUT2D eigenvalue weighted by atomic mass is 9.92. The number of carbonyl (C=O) groups is 1. The topological polar surface area (TPSA) is 37.3 Å². The van der Waals surface area contributed by atoms with Crippen molar-refractivity contribution in [2.45, 2.75) is 0 Å². The zero-order valence-corrected chi connectivity index (χ0v) is 13.5. The van der Waals surface area contributed by atoms with Crippen molar-refractivity contribution in [1.82, 2.24) is 0 Å². The van der Waals surface area contributed by atoms with Crippen molar-refractivity contribution in [3.05, 3.63) is 90.5 Å². The van der Waals surface area contributed by atoms with Crippen LogP contribution < -0.4 is 0 Å². The van der Waals surface area contributed by atoms with Crippen LogP contribution in [0.2, 0.25) is 0 Å². The summed E-state index contributed by atoms with van der Waals surface area (Å²) in [7, 11) is 0. The first-order chi connectivity index (χ1) is 12.3. The third-order valence-corrected chi connectivity index (χ3v) is 4.44. The van der Waals surface area contributed by atoms with E-state index in [-0.39, 0.29) is 5.75 Å². The van der Waals surface area contributed by atoms with Gasteiger partial charge in [0, 0.05) is 5.56 Å². The zero-order valence-electron chi connectivity index (χ0n) is 13.5. The van der Waals surface area contributed by atoms with Crippen LogP contribution in [0, 0.1) is 0 Å². The van der Waals surface area contributed by atoms with Crippen LogP contribution in [0.25, 0.3) is 33.0 Å². The van der Waals surface area contributed by atoms with E-state index in [1.54, 1.807) is 12.1 Å². The van der Waals surface area contributed by atoms with Crippen LogP contribution in [-0.4, -0.2) is 11.4 Å². The molecule has 4 aromatic carbocycles. The molecule has 2 nitrogen and oxygen atoms in total. The first kappa shape index (κ1) is 15.2. The largest absolute Gasteiger partial charge is 0.508 e. The number of fused-ring (bicyclic) bond motifs is 1. The number of phenols is 1. The first-order valence-corrected chi connectivity index (χ1v) is 8.13. The summed E-state index contributed by atoms with van der Waals surface area (Å²) in [5, 5.41) is 11.6. The van der Waals surface area contributed by atoms with E-state index in [1.807, 2.05) is 54.6 Å². The second kappa shape index (κ2) is 6.25. The molecule has 0 saturated heterocycles. The lowest BCUT2D eigenvalue weighted by Crippen LogP contribution is -1.90. The van der Waals surface area contributed by atoms with E-state index in [0.29, 0.717) is 5.56 Å². The highest BCUT2D eigenvalue weighted by atomic mass is 16.3. The molecule has 0 spiro atoms. The minimum Gasteiger partial charge on any atom is -0.508 e. The summed E-state index contributed by atoms with van der Waals surface area (Å²) in [6.45, 7) is 0. The van der Waals surface area contributed by atoms with Gasteiger partial charge in [-0.05, 0) is 51.2 Å². The summed E-state index contributed by atoms with van der Waals surface area (Å²) >= 11 is 0. The van der Waals surface area contributed by atoms with E-state index in [2.05, 4.69) is 18.2 Å². The van der Waals surface area contributed by atoms with Gasteiger partial charge in [0.05, 0.1) is 0 Å². The molecule has 0 fully saturated rings. The number of benzene rings is 4. The lowest BCUT2D eigenvalue weighted by Gasteiger charge is -2.12. The van der Waals surface area contributed by atoms with E-state index in [0.717, 1.165) is 39.3 Å². The highest BCUT2D eigenvalue weighted by Crippen LogP contribution is 2.34. The van der Waals surface area contributed by atoms with E-state index >= 15 is 0 Å². The van der Waals surface area contributed by atoms with Gasteiger partial charge in [0.15, 0.2) is 6.29 Å². The monoisotopic (exact) mass is 324 g/mol. The first-order valence-electron chi connectivity index (χ1n) is 8.13. The molecular formula is C23H16O2. The Kier molecular flexibility index (Phi) is 3.79. The molecule has 0 aliphatic carbocycles. The maximum absolute atomic E-state index is 11.5. The van der Waals surface area contributed by atoms with E-state index in [4.69, 9.17) is 0 Å². The minimum absolute atomic E-state index is 0.256. The van der Waals surface area contributed by atoms with Gasteiger partial charge < -0.3 is 5.11 Å². The van der Waals surface area contributed by atoms with Crippen molar-refractivity contribution in [2.24, 2.45) is 0 Å². The number of hydrogen-bond donors (Lipinski definition) is 1. The Hall–Kier alpha value is -3.39. The quantitative estimate of drug-likeness (QED) is 0.491. The van der Waals surface area contributed by atoms with Gasteiger partial charge >= 0.3 is 0 Å². The average molecular weight is 324 g/mol. The number of aldehydes is 1. The number of hydrogen-bond acceptors (Lipinski definition) is 2. The molecule has 0 saturated carbocycles. The van der Waals surface area contributed by atoms with Crippen molar-refractivity contribution < 1.29 is 9.90 Å². The molecule has 120 valence electrons. The predicted octanol–water partition coefficient (Wildman–Crippen LogP) is 5.69. The van der Waals surface area contributed by atoms with E-state index < -0.39 is 0 Å². The predicted molar refractivity (Wildman–Crippen MR) is 102 cm³/mol. The molecule has 0 aliphatic heterocycles. The average Bonchev–Trinajstić information content (AvgIpc) is 2.68. The van der Waals surface area contributed by atoms with Gasteiger partial charge in [0.2, 0.25) is 0 Å². The maximum Gasteiger partial charge on any atom is 0.150 e. The van der Waals surface area contributed by atoms with Crippen molar-refractivity contribution in [3.8, 4) is 28.0 Å². The minimum atomic E-state index is 0.256. The molecule has 4 rings (SSSR count). The molecule has 0 aliphatic rings. The number of carbonyl (C=O) groups excluding carboxylic acids is 1. The summed E-state index contributed by atoms with van der Waals surface area (Å²) in [4.78, 5) is 11.5. The summed E-state index contributed by atoms with van der Waals surface area (Å²) in [5.74, 6) is 0.256. The Balaban J connectivity index is 1.93. The van der Waals surface area contributed by atoms with E-state index in [1.165, 1.54) is 0 Å². The Labute approximate surface area is 146 Å². The molecule has 0 bridgehead atoms. The lowest BCUT2D eigenvalue weighted by molar-refractivity contribution is 0.112. The van der Waals surface area contributed by atoms with Crippen molar-refractivity contribution in [3.63, 3.8) is 0 Å². The van der Waals surface area contributed by atoms with Gasteiger partial charge in [-0.1, -0.05) is 66.7 Å². The molecule has 4 aromatic rings. The van der Waals surface area contributed by atoms with Gasteiger partial charge in [-0.3, -0.25) is 4.79 Å². The molecular weight excluding hydrogens is 308 g/mol.